The predicted molar refractivity (Wildman–Crippen MR) is 75.1 cm³/mol. The number of β-amino-alcohol motifs (C(OH)–C–C–N with tert-alkyl or cyclic N) is 1. The SMILES string of the molecule is CN(C)C(=O)CN1C[C@H](O)C[C@H]1c1cccc(C(F)(F)F)c1. The molecule has 1 saturated heterocycles. The molecule has 0 aliphatic carbocycles. The lowest BCUT2D eigenvalue weighted by Crippen LogP contribution is -2.37. The molecule has 122 valence electrons. The quantitative estimate of drug-likeness (QED) is 0.926. The number of hydrogen-bond donors (Lipinski definition) is 1. The molecule has 1 aliphatic rings. The van der Waals surface area contributed by atoms with Crippen LogP contribution in [0.25, 0.3) is 0 Å². The van der Waals surface area contributed by atoms with E-state index in [9.17, 15) is 23.1 Å². The lowest BCUT2D eigenvalue weighted by Gasteiger charge is -2.25. The third kappa shape index (κ3) is 3.78. The third-order valence-corrected chi connectivity index (χ3v) is 3.82. The van der Waals surface area contributed by atoms with Gasteiger partial charge in [0.2, 0.25) is 5.91 Å². The molecule has 1 fully saturated rings. The van der Waals surface area contributed by atoms with Crippen LogP contribution in [0.5, 0.6) is 0 Å². The Morgan fingerprint density at radius 1 is 1.41 bits per heavy atom. The molecule has 2 rings (SSSR count). The number of aliphatic hydroxyl groups excluding tert-OH is 1. The van der Waals surface area contributed by atoms with Crippen molar-refractivity contribution in [2.45, 2.75) is 24.7 Å². The fourth-order valence-electron chi connectivity index (χ4n) is 2.64. The van der Waals surface area contributed by atoms with Crippen molar-refractivity contribution in [1.29, 1.82) is 0 Å². The van der Waals surface area contributed by atoms with Gasteiger partial charge in [0.25, 0.3) is 0 Å². The van der Waals surface area contributed by atoms with Gasteiger partial charge in [0.1, 0.15) is 0 Å². The number of hydrogen-bond acceptors (Lipinski definition) is 3. The van der Waals surface area contributed by atoms with Gasteiger partial charge in [-0.3, -0.25) is 9.69 Å². The Bertz CT molecular complexity index is 546. The molecule has 0 bridgehead atoms. The summed E-state index contributed by atoms with van der Waals surface area (Å²) >= 11 is 0. The number of carbonyl (C=O) groups is 1. The van der Waals surface area contributed by atoms with Crippen molar-refractivity contribution in [1.82, 2.24) is 9.80 Å². The molecule has 0 saturated carbocycles. The van der Waals surface area contributed by atoms with Crippen molar-refractivity contribution in [3.8, 4) is 0 Å². The number of halogens is 3. The molecule has 1 N–H and O–H groups in total. The first kappa shape index (κ1) is 16.8. The summed E-state index contributed by atoms with van der Waals surface area (Å²) in [6, 6.07) is 4.68. The number of nitrogens with zero attached hydrogens (tertiary/aromatic N) is 2. The molecular formula is C15H19F3N2O2. The molecule has 7 heteroatoms. The Morgan fingerprint density at radius 2 is 2.09 bits per heavy atom. The van der Waals surface area contributed by atoms with Crippen molar-refractivity contribution >= 4 is 5.91 Å². The van der Waals surface area contributed by atoms with E-state index in [1.165, 1.54) is 11.0 Å². The van der Waals surface area contributed by atoms with E-state index in [0.717, 1.165) is 12.1 Å². The third-order valence-electron chi connectivity index (χ3n) is 3.82. The topological polar surface area (TPSA) is 43.8 Å². The van der Waals surface area contributed by atoms with Crippen LogP contribution in [0.2, 0.25) is 0 Å². The van der Waals surface area contributed by atoms with Crippen LogP contribution in [0.1, 0.15) is 23.6 Å². The number of carbonyl (C=O) groups excluding carboxylic acids is 1. The molecule has 0 unspecified atom stereocenters. The second-order valence-electron chi connectivity index (χ2n) is 5.75. The molecule has 0 spiro atoms. The first-order chi connectivity index (χ1) is 10.2. The van der Waals surface area contributed by atoms with Crippen molar-refractivity contribution in [2.75, 3.05) is 27.2 Å². The molecule has 22 heavy (non-hydrogen) atoms. The fourth-order valence-corrected chi connectivity index (χ4v) is 2.64. The van der Waals surface area contributed by atoms with Gasteiger partial charge in [-0.05, 0) is 24.1 Å². The number of likely N-dealkylation sites (tertiary alicyclic amines) is 1. The van der Waals surface area contributed by atoms with E-state index in [0.29, 0.717) is 12.0 Å². The number of aliphatic hydroxyl groups is 1. The summed E-state index contributed by atoms with van der Waals surface area (Å²) in [5.41, 5.74) is -0.247. The van der Waals surface area contributed by atoms with Gasteiger partial charge in [-0.2, -0.15) is 13.2 Å². The first-order valence-corrected chi connectivity index (χ1v) is 6.98. The van der Waals surface area contributed by atoms with E-state index in [4.69, 9.17) is 0 Å². The molecule has 1 aliphatic heterocycles. The summed E-state index contributed by atoms with van der Waals surface area (Å²) < 4.78 is 38.5. The molecule has 1 aromatic carbocycles. The summed E-state index contributed by atoms with van der Waals surface area (Å²) in [6.07, 6.45) is -4.73. The number of amides is 1. The van der Waals surface area contributed by atoms with E-state index >= 15 is 0 Å². The van der Waals surface area contributed by atoms with Crippen LogP contribution in [-0.4, -0.2) is 54.1 Å². The minimum atomic E-state index is -4.41. The van der Waals surface area contributed by atoms with E-state index in [1.807, 2.05) is 0 Å². The summed E-state index contributed by atoms with van der Waals surface area (Å²) in [6.45, 7) is 0.353. The van der Waals surface area contributed by atoms with Gasteiger partial charge in [0.15, 0.2) is 0 Å². The van der Waals surface area contributed by atoms with Crippen LogP contribution in [-0.2, 0) is 11.0 Å². The van der Waals surface area contributed by atoms with Gasteiger partial charge >= 0.3 is 6.18 Å². The Balaban J connectivity index is 2.23. The lowest BCUT2D eigenvalue weighted by atomic mass is 10.0. The Morgan fingerprint density at radius 3 is 2.68 bits per heavy atom. The lowest BCUT2D eigenvalue weighted by molar-refractivity contribution is -0.137. The maximum atomic E-state index is 12.8. The zero-order valence-corrected chi connectivity index (χ0v) is 12.5. The van der Waals surface area contributed by atoms with E-state index in [-0.39, 0.29) is 25.0 Å². The van der Waals surface area contributed by atoms with Gasteiger partial charge < -0.3 is 10.0 Å². The maximum absolute atomic E-state index is 12.8. The van der Waals surface area contributed by atoms with Gasteiger partial charge in [-0.25, -0.2) is 0 Å². The molecule has 1 heterocycles. The Kier molecular flexibility index (Phi) is 4.77. The average molecular weight is 316 g/mol. The molecule has 1 aromatic rings. The van der Waals surface area contributed by atoms with Crippen LogP contribution < -0.4 is 0 Å². The summed E-state index contributed by atoms with van der Waals surface area (Å²) in [4.78, 5) is 15.0. The van der Waals surface area contributed by atoms with Crippen LogP contribution in [0, 0.1) is 0 Å². The summed E-state index contributed by atoms with van der Waals surface area (Å²) in [7, 11) is 3.24. The van der Waals surface area contributed by atoms with Crippen molar-refractivity contribution in [2.24, 2.45) is 0 Å². The first-order valence-electron chi connectivity index (χ1n) is 6.98. The van der Waals surface area contributed by atoms with Crippen molar-refractivity contribution in [3.05, 3.63) is 35.4 Å². The standard InChI is InChI=1S/C15H19F3N2O2/c1-19(2)14(22)9-20-8-12(21)7-13(20)10-4-3-5-11(6-10)15(16,17)18/h3-6,12-13,21H,7-9H2,1-2H3/t12-,13+/m1/s1. The van der Waals surface area contributed by atoms with Gasteiger partial charge in [0, 0.05) is 26.7 Å². The normalized spacial score (nSPS) is 22.8. The zero-order chi connectivity index (χ0) is 16.5. The van der Waals surface area contributed by atoms with E-state index < -0.39 is 17.8 Å². The molecule has 4 nitrogen and oxygen atoms in total. The Hall–Kier alpha value is -1.60. The number of alkyl halides is 3. The fraction of sp³-hybridized carbons (Fsp3) is 0.533. The van der Waals surface area contributed by atoms with Crippen LogP contribution >= 0.6 is 0 Å². The number of likely N-dealkylation sites (N-methyl/N-ethyl adjacent to an activating group) is 1. The van der Waals surface area contributed by atoms with E-state index in [1.54, 1.807) is 25.1 Å². The smallest absolute Gasteiger partial charge is 0.392 e. The predicted octanol–water partition coefficient (Wildman–Crippen LogP) is 1.90. The van der Waals surface area contributed by atoms with E-state index in [2.05, 4.69) is 0 Å². The molecular weight excluding hydrogens is 297 g/mol. The van der Waals surface area contributed by atoms with Crippen LogP contribution in [0.15, 0.2) is 24.3 Å². The maximum Gasteiger partial charge on any atom is 0.416 e. The second kappa shape index (κ2) is 6.26. The highest BCUT2D eigenvalue weighted by Crippen LogP contribution is 2.35. The minimum Gasteiger partial charge on any atom is -0.392 e. The Labute approximate surface area is 127 Å². The minimum absolute atomic E-state index is 0.0744. The number of rotatable bonds is 3. The zero-order valence-electron chi connectivity index (χ0n) is 12.5. The highest BCUT2D eigenvalue weighted by molar-refractivity contribution is 5.77. The monoisotopic (exact) mass is 316 g/mol. The second-order valence-corrected chi connectivity index (χ2v) is 5.75. The molecule has 0 radical (unpaired) electrons. The summed E-state index contributed by atoms with van der Waals surface area (Å²) in [5, 5.41) is 9.82. The van der Waals surface area contributed by atoms with Crippen molar-refractivity contribution < 1.29 is 23.1 Å². The van der Waals surface area contributed by atoms with Gasteiger partial charge in [0.05, 0.1) is 18.2 Å². The largest absolute Gasteiger partial charge is 0.416 e. The highest BCUT2D eigenvalue weighted by atomic mass is 19.4. The van der Waals surface area contributed by atoms with Gasteiger partial charge in [-0.15, -0.1) is 0 Å². The van der Waals surface area contributed by atoms with Gasteiger partial charge in [-0.1, -0.05) is 12.1 Å². The van der Waals surface area contributed by atoms with Crippen LogP contribution in [0.4, 0.5) is 13.2 Å². The molecule has 1 amide bonds. The number of benzene rings is 1. The summed E-state index contributed by atoms with van der Waals surface area (Å²) in [5.74, 6) is -0.147. The molecule has 0 aromatic heterocycles. The van der Waals surface area contributed by atoms with Crippen molar-refractivity contribution in [3.63, 3.8) is 0 Å². The molecule has 2 atom stereocenters. The van der Waals surface area contributed by atoms with Crippen LogP contribution in [0.3, 0.4) is 0 Å². The average Bonchev–Trinajstić information content (AvgIpc) is 2.78. The highest BCUT2D eigenvalue weighted by Gasteiger charge is 2.35.